The van der Waals surface area contributed by atoms with E-state index in [1.54, 1.807) is 0 Å². The van der Waals surface area contributed by atoms with Gasteiger partial charge in [-0.15, -0.1) is 0 Å². The number of hydrogen-bond donors (Lipinski definition) is 2. The number of fused-ring (bicyclic) bond motifs is 1. The molecule has 0 saturated heterocycles. The zero-order valence-corrected chi connectivity index (χ0v) is 10.1. The van der Waals surface area contributed by atoms with Crippen molar-refractivity contribution in [2.45, 2.75) is 0 Å². The van der Waals surface area contributed by atoms with Gasteiger partial charge >= 0.3 is 0 Å². The molecule has 1 aromatic carbocycles. The van der Waals surface area contributed by atoms with Gasteiger partial charge in [0.1, 0.15) is 0 Å². The number of aromatic nitrogens is 2. The first-order valence-corrected chi connectivity index (χ1v) is 5.84. The van der Waals surface area contributed by atoms with E-state index in [0.29, 0.717) is 13.1 Å². The van der Waals surface area contributed by atoms with Gasteiger partial charge in [-0.2, -0.15) is 0 Å². The molecule has 0 aliphatic carbocycles. The summed E-state index contributed by atoms with van der Waals surface area (Å²) in [6.07, 6.45) is 0. The maximum atomic E-state index is 5.62. The average Bonchev–Trinajstić information content (AvgIpc) is 2.67. The Kier molecular flexibility index (Phi) is 3.61. The highest BCUT2D eigenvalue weighted by atomic mass is 15.3. The number of anilines is 1. The van der Waals surface area contributed by atoms with E-state index in [-0.39, 0.29) is 0 Å². The van der Waals surface area contributed by atoms with Crippen molar-refractivity contribution in [1.82, 2.24) is 9.55 Å². The van der Waals surface area contributed by atoms with E-state index in [4.69, 9.17) is 11.5 Å². The monoisotopic (exact) mass is 233 g/mol. The van der Waals surface area contributed by atoms with Crippen molar-refractivity contribution in [2.24, 2.45) is 18.5 Å². The van der Waals surface area contributed by atoms with Crippen LogP contribution in [0.5, 0.6) is 0 Å². The third-order valence-electron chi connectivity index (χ3n) is 2.84. The normalized spacial score (nSPS) is 11.0. The maximum absolute atomic E-state index is 5.62. The van der Waals surface area contributed by atoms with Gasteiger partial charge in [0.2, 0.25) is 5.95 Å². The molecule has 0 aliphatic rings. The molecule has 0 radical (unpaired) electrons. The molecule has 0 atom stereocenters. The number of imidazole rings is 1. The summed E-state index contributed by atoms with van der Waals surface area (Å²) < 4.78 is 2.08. The van der Waals surface area contributed by atoms with Crippen LogP contribution < -0.4 is 16.4 Å². The number of aryl methyl sites for hydroxylation is 1. The van der Waals surface area contributed by atoms with Crippen molar-refractivity contribution < 1.29 is 0 Å². The van der Waals surface area contributed by atoms with E-state index in [1.807, 2.05) is 25.2 Å². The molecule has 4 N–H and O–H groups in total. The van der Waals surface area contributed by atoms with E-state index in [1.165, 1.54) is 0 Å². The molecule has 92 valence electrons. The van der Waals surface area contributed by atoms with Gasteiger partial charge in [-0.3, -0.25) is 0 Å². The Hall–Kier alpha value is -1.59. The highest BCUT2D eigenvalue weighted by Crippen LogP contribution is 2.20. The number of para-hydroxylation sites is 2. The molecule has 5 heteroatoms. The van der Waals surface area contributed by atoms with Gasteiger partial charge < -0.3 is 20.9 Å². The highest BCUT2D eigenvalue weighted by Gasteiger charge is 2.13. The van der Waals surface area contributed by atoms with Gasteiger partial charge in [-0.25, -0.2) is 4.98 Å². The molecule has 2 rings (SSSR count). The summed E-state index contributed by atoms with van der Waals surface area (Å²) in [6, 6.07) is 8.09. The van der Waals surface area contributed by atoms with Crippen LogP contribution in [-0.2, 0) is 7.05 Å². The lowest BCUT2D eigenvalue weighted by molar-refractivity contribution is 0.734. The van der Waals surface area contributed by atoms with Crippen molar-refractivity contribution in [3.05, 3.63) is 24.3 Å². The molecule has 5 nitrogen and oxygen atoms in total. The minimum atomic E-state index is 0.600. The van der Waals surface area contributed by atoms with Crippen molar-refractivity contribution in [2.75, 3.05) is 31.1 Å². The zero-order valence-electron chi connectivity index (χ0n) is 10.1. The van der Waals surface area contributed by atoms with Crippen LogP contribution in [0.3, 0.4) is 0 Å². The quantitative estimate of drug-likeness (QED) is 0.779. The summed E-state index contributed by atoms with van der Waals surface area (Å²) in [5.74, 6) is 0.933. The molecule has 1 aromatic heterocycles. The summed E-state index contributed by atoms with van der Waals surface area (Å²) in [5, 5.41) is 0. The van der Waals surface area contributed by atoms with Gasteiger partial charge in [-0.05, 0) is 12.1 Å². The lowest BCUT2D eigenvalue weighted by atomic mass is 10.3. The minimum absolute atomic E-state index is 0.600. The van der Waals surface area contributed by atoms with Crippen LogP contribution in [0.25, 0.3) is 11.0 Å². The van der Waals surface area contributed by atoms with Crippen LogP contribution in [0, 0.1) is 0 Å². The molecule has 0 saturated carbocycles. The van der Waals surface area contributed by atoms with Crippen LogP contribution in [0.1, 0.15) is 0 Å². The summed E-state index contributed by atoms with van der Waals surface area (Å²) >= 11 is 0. The third-order valence-corrected chi connectivity index (χ3v) is 2.84. The fourth-order valence-corrected chi connectivity index (χ4v) is 2.04. The number of rotatable bonds is 5. The van der Waals surface area contributed by atoms with Crippen LogP contribution in [0.2, 0.25) is 0 Å². The third kappa shape index (κ3) is 2.25. The first-order chi connectivity index (χ1) is 8.27. The summed E-state index contributed by atoms with van der Waals surface area (Å²) in [5.41, 5.74) is 13.4. The van der Waals surface area contributed by atoms with Gasteiger partial charge in [-0.1, -0.05) is 12.1 Å². The predicted octanol–water partition coefficient (Wildman–Crippen LogP) is 0.297. The molecule has 1 heterocycles. The molecule has 0 bridgehead atoms. The first-order valence-electron chi connectivity index (χ1n) is 5.84. The topological polar surface area (TPSA) is 73.1 Å². The Morgan fingerprint density at radius 2 is 1.82 bits per heavy atom. The van der Waals surface area contributed by atoms with Crippen LogP contribution in [-0.4, -0.2) is 35.7 Å². The predicted molar refractivity (Wildman–Crippen MR) is 71.0 cm³/mol. The molecule has 0 amide bonds. The van der Waals surface area contributed by atoms with Gasteiger partial charge in [0.25, 0.3) is 0 Å². The smallest absolute Gasteiger partial charge is 0.206 e. The van der Waals surface area contributed by atoms with E-state index in [0.717, 1.165) is 30.1 Å². The SMILES string of the molecule is Cn1c(N(CCN)CCN)nc2ccccc21. The highest BCUT2D eigenvalue weighted by molar-refractivity contribution is 5.78. The van der Waals surface area contributed by atoms with Gasteiger partial charge in [0.05, 0.1) is 11.0 Å². The Morgan fingerprint density at radius 1 is 1.18 bits per heavy atom. The fourth-order valence-electron chi connectivity index (χ4n) is 2.04. The number of nitrogens with two attached hydrogens (primary N) is 2. The maximum Gasteiger partial charge on any atom is 0.206 e. The standard InChI is InChI=1S/C12H19N5/c1-16-11-5-3-2-4-10(11)15-12(16)17(8-6-13)9-7-14/h2-5H,6-9,13-14H2,1H3. The van der Waals surface area contributed by atoms with E-state index in [9.17, 15) is 0 Å². The van der Waals surface area contributed by atoms with Crippen molar-refractivity contribution in [3.8, 4) is 0 Å². The molecule has 0 fully saturated rings. The second kappa shape index (κ2) is 5.16. The van der Waals surface area contributed by atoms with E-state index >= 15 is 0 Å². The number of hydrogen-bond acceptors (Lipinski definition) is 4. The van der Waals surface area contributed by atoms with E-state index < -0.39 is 0 Å². The van der Waals surface area contributed by atoms with Gasteiger partial charge in [0.15, 0.2) is 0 Å². The van der Waals surface area contributed by atoms with Crippen LogP contribution in [0.4, 0.5) is 5.95 Å². The van der Waals surface area contributed by atoms with Crippen molar-refractivity contribution >= 4 is 17.0 Å². The van der Waals surface area contributed by atoms with Crippen LogP contribution >= 0.6 is 0 Å². The Labute approximate surface area is 101 Å². The number of nitrogens with zero attached hydrogens (tertiary/aromatic N) is 3. The lowest BCUT2D eigenvalue weighted by Gasteiger charge is -2.22. The molecule has 0 aliphatic heterocycles. The second-order valence-corrected chi connectivity index (χ2v) is 4.02. The number of benzene rings is 1. The average molecular weight is 233 g/mol. The van der Waals surface area contributed by atoms with Crippen molar-refractivity contribution in [1.29, 1.82) is 0 Å². The first kappa shape index (κ1) is 11.9. The van der Waals surface area contributed by atoms with Gasteiger partial charge in [0, 0.05) is 33.2 Å². The van der Waals surface area contributed by atoms with Crippen LogP contribution in [0.15, 0.2) is 24.3 Å². The second-order valence-electron chi connectivity index (χ2n) is 4.02. The summed E-state index contributed by atoms with van der Waals surface area (Å²) in [7, 11) is 2.02. The minimum Gasteiger partial charge on any atom is -0.340 e. The molecular formula is C12H19N5. The molecule has 17 heavy (non-hydrogen) atoms. The molecule has 0 unspecified atom stereocenters. The van der Waals surface area contributed by atoms with Crippen molar-refractivity contribution in [3.63, 3.8) is 0 Å². The Bertz CT molecular complexity index is 485. The summed E-state index contributed by atoms with van der Waals surface area (Å²) in [4.78, 5) is 6.75. The molecular weight excluding hydrogens is 214 g/mol. The Morgan fingerprint density at radius 3 is 2.41 bits per heavy atom. The lowest BCUT2D eigenvalue weighted by Crippen LogP contribution is -2.35. The van der Waals surface area contributed by atoms with E-state index in [2.05, 4.69) is 20.5 Å². The summed E-state index contributed by atoms with van der Waals surface area (Å²) in [6.45, 7) is 2.75. The Balaban J connectivity index is 2.42. The zero-order chi connectivity index (χ0) is 12.3. The molecule has 0 spiro atoms. The fraction of sp³-hybridized carbons (Fsp3) is 0.417. The molecule has 2 aromatic rings. The largest absolute Gasteiger partial charge is 0.340 e.